The van der Waals surface area contributed by atoms with Crippen LogP contribution in [0.1, 0.15) is 18.1 Å². The summed E-state index contributed by atoms with van der Waals surface area (Å²) in [5, 5.41) is 4.63. The number of amides is 1. The number of ether oxygens (including phenoxy) is 1. The second kappa shape index (κ2) is 9.85. The number of benzene rings is 2. The minimum atomic E-state index is -0.191. The number of rotatable bonds is 7. The Morgan fingerprint density at radius 2 is 2.16 bits per heavy atom. The van der Waals surface area contributed by atoms with Crippen LogP contribution in [-0.4, -0.2) is 25.0 Å². The fourth-order valence-corrected chi connectivity index (χ4v) is 3.68. The number of nitrogens with zero attached hydrogens (tertiary/aromatic N) is 1. The van der Waals surface area contributed by atoms with Gasteiger partial charge in [0.15, 0.2) is 0 Å². The third-order valence-electron chi connectivity index (χ3n) is 3.25. The lowest BCUT2D eigenvalue weighted by molar-refractivity contribution is -0.120. The van der Waals surface area contributed by atoms with Crippen LogP contribution in [-0.2, 0) is 11.2 Å². The van der Waals surface area contributed by atoms with Crippen LogP contribution in [0.4, 0.5) is 0 Å². The molecule has 0 atom stereocenters. The Labute approximate surface area is 165 Å². The van der Waals surface area contributed by atoms with E-state index in [1.165, 1.54) is 0 Å². The van der Waals surface area contributed by atoms with Gasteiger partial charge in [0.2, 0.25) is 5.91 Å². The Balaban J connectivity index is 1.99. The van der Waals surface area contributed by atoms with Gasteiger partial charge in [0.25, 0.3) is 0 Å². The predicted octanol–water partition coefficient (Wildman–Crippen LogP) is 4.92. The molecule has 1 amide bonds. The highest BCUT2D eigenvalue weighted by Crippen LogP contribution is 2.26. The molecular formula is C18H18BrClN2O2S. The van der Waals surface area contributed by atoms with Crippen LogP contribution >= 0.6 is 39.3 Å². The molecule has 132 valence electrons. The van der Waals surface area contributed by atoms with E-state index in [4.69, 9.17) is 16.3 Å². The molecule has 0 aliphatic heterocycles. The average Bonchev–Trinajstić information content (AvgIpc) is 2.57. The summed E-state index contributed by atoms with van der Waals surface area (Å²) in [6.07, 6.45) is 1.81. The summed E-state index contributed by atoms with van der Waals surface area (Å²) >= 11 is 11.1. The van der Waals surface area contributed by atoms with Crippen LogP contribution in [0.2, 0.25) is 5.02 Å². The van der Waals surface area contributed by atoms with Gasteiger partial charge in [0, 0.05) is 9.92 Å². The number of hydrogen-bond donors (Lipinski definition) is 1. The predicted molar refractivity (Wildman–Crippen MR) is 108 cm³/mol. The van der Waals surface area contributed by atoms with Crippen molar-refractivity contribution < 1.29 is 9.53 Å². The molecular weight excluding hydrogens is 424 g/mol. The molecule has 0 saturated heterocycles. The third-order valence-corrected chi connectivity index (χ3v) is 5.10. The highest BCUT2D eigenvalue weighted by molar-refractivity contribution is 9.10. The second-order valence-corrected chi connectivity index (χ2v) is 7.65. The van der Waals surface area contributed by atoms with Crippen molar-refractivity contribution in [1.29, 1.82) is 0 Å². The van der Waals surface area contributed by atoms with Gasteiger partial charge in [-0.1, -0.05) is 18.5 Å². The standard InChI is InChI=1S/C18H18BrClN2O2S/c1-3-25-17-7-5-14(20)9-13(17)10-18(23)22-21-11-12-4-6-16(24-2)15(19)8-12/h4-9,11H,3,10H2,1-2H3,(H,22,23)/b21-11-. The van der Waals surface area contributed by atoms with Gasteiger partial charge in [-0.05, 0) is 69.2 Å². The maximum Gasteiger partial charge on any atom is 0.244 e. The first kappa shape index (κ1) is 19.8. The number of carbonyl (C=O) groups excluding carboxylic acids is 1. The van der Waals surface area contributed by atoms with E-state index in [1.807, 2.05) is 36.4 Å². The van der Waals surface area contributed by atoms with Crippen LogP contribution in [0.25, 0.3) is 0 Å². The quantitative estimate of drug-likeness (QED) is 0.377. The molecule has 0 bridgehead atoms. The number of halogens is 2. The number of methoxy groups -OCH3 is 1. The molecule has 7 heteroatoms. The van der Waals surface area contributed by atoms with Gasteiger partial charge in [-0.2, -0.15) is 5.10 Å². The van der Waals surface area contributed by atoms with Crippen molar-refractivity contribution in [3.8, 4) is 5.75 Å². The fraction of sp³-hybridized carbons (Fsp3) is 0.222. The first-order chi connectivity index (χ1) is 12.0. The number of carbonyl (C=O) groups is 1. The van der Waals surface area contributed by atoms with Gasteiger partial charge in [-0.25, -0.2) is 5.43 Å². The molecule has 0 heterocycles. The average molecular weight is 442 g/mol. The number of hydrazone groups is 1. The summed E-state index contributed by atoms with van der Waals surface area (Å²) < 4.78 is 6.00. The molecule has 2 aromatic carbocycles. The summed E-state index contributed by atoms with van der Waals surface area (Å²) in [7, 11) is 1.61. The summed E-state index contributed by atoms with van der Waals surface area (Å²) in [5.41, 5.74) is 4.30. The number of nitrogens with one attached hydrogen (secondary N) is 1. The summed E-state index contributed by atoms with van der Waals surface area (Å²) in [6, 6.07) is 11.1. The zero-order valence-electron chi connectivity index (χ0n) is 13.9. The van der Waals surface area contributed by atoms with E-state index in [9.17, 15) is 4.79 Å². The van der Waals surface area contributed by atoms with Gasteiger partial charge >= 0.3 is 0 Å². The zero-order valence-corrected chi connectivity index (χ0v) is 17.0. The lowest BCUT2D eigenvalue weighted by Gasteiger charge is -2.08. The molecule has 0 aliphatic carbocycles. The second-order valence-electron chi connectivity index (χ2n) is 5.05. The summed E-state index contributed by atoms with van der Waals surface area (Å²) in [5.74, 6) is 1.48. The SMILES string of the molecule is CCSc1ccc(Cl)cc1CC(=O)N/N=C\c1ccc(OC)c(Br)c1. The van der Waals surface area contributed by atoms with Crippen molar-refractivity contribution >= 4 is 51.4 Å². The highest BCUT2D eigenvalue weighted by atomic mass is 79.9. The van der Waals surface area contributed by atoms with E-state index < -0.39 is 0 Å². The van der Waals surface area contributed by atoms with E-state index in [-0.39, 0.29) is 12.3 Å². The van der Waals surface area contributed by atoms with Gasteiger partial charge in [-0.3, -0.25) is 4.79 Å². The van der Waals surface area contributed by atoms with Gasteiger partial charge in [0.05, 0.1) is 24.2 Å². The summed E-state index contributed by atoms with van der Waals surface area (Å²) in [4.78, 5) is 13.2. The Bertz CT molecular complexity index is 784. The molecule has 0 fully saturated rings. The zero-order chi connectivity index (χ0) is 18.2. The van der Waals surface area contributed by atoms with Gasteiger partial charge < -0.3 is 4.74 Å². The van der Waals surface area contributed by atoms with E-state index in [1.54, 1.807) is 25.1 Å². The normalized spacial score (nSPS) is 10.9. The van der Waals surface area contributed by atoms with E-state index in [2.05, 4.69) is 33.4 Å². The van der Waals surface area contributed by atoms with Crippen LogP contribution in [0, 0.1) is 0 Å². The van der Waals surface area contributed by atoms with Crippen LogP contribution in [0.5, 0.6) is 5.75 Å². The lowest BCUT2D eigenvalue weighted by atomic mass is 10.1. The Morgan fingerprint density at radius 3 is 2.84 bits per heavy atom. The largest absolute Gasteiger partial charge is 0.496 e. The Kier molecular flexibility index (Phi) is 7.81. The van der Waals surface area contributed by atoms with E-state index >= 15 is 0 Å². The minimum Gasteiger partial charge on any atom is -0.496 e. The molecule has 2 rings (SSSR count). The minimum absolute atomic E-state index is 0.191. The van der Waals surface area contributed by atoms with Crippen molar-refractivity contribution in [2.75, 3.05) is 12.9 Å². The van der Waals surface area contributed by atoms with Crippen LogP contribution in [0.3, 0.4) is 0 Å². The van der Waals surface area contributed by atoms with Crippen molar-refractivity contribution in [2.24, 2.45) is 5.10 Å². The van der Waals surface area contributed by atoms with Crippen molar-refractivity contribution in [2.45, 2.75) is 18.2 Å². The van der Waals surface area contributed by atoms with Crippen molar-refractivity contribution in [3.63, 3.8) is 0 Å². The topological polar surface area (TPSA) is 50.7 Å². The molecule has 25 heavy (non-hydrogen) atoms. The maximum atomic E-state index is 12.1. The molecule has 4 nitrogen and oxygen atoms in total. The highest BCUT2D eigenvalue weighted by Gasteiger charge is 2.09. The van der Waals surface area contributed by atoms with E-state index in [0.29, 0.717) is 5.02 Å². The monoisotopic (exact) mass is 440 g/mol. The molecule has 0 radical (unpaired) electrons. The van der Waals surface area contributed by atoms with Crippen molar-refractivity contribution in [3.05, 3.63) is 57.0 Å². The fourth-order valence-electron chi connectivity index (χ4n) is 2.14. The molecule has 2 aromatic rings. The van der Waals surface area contributed by atoms with Crippen LogP contribution < -0.4 is 10.2 Å². The third kappa shape index (κ3) is 6.06. The molecule has 0 aliphatic rings. The van der Waals surface area contributed by atoms with Crippen LogP contribution in [0.15, 0.2) is 50.9 Å². The smallest absolute Gasteiger partial charge is 0.244 e. The lowest BCUT2D eigenvalue weighted by Crippen LogP contribution is -2.20. The number of hydrogen-bond acceptors (Lipinski definition) is 4. The van der Waals surface area contributed by atoms with Gasteiger partial charge in [-0.15, -0.1) is 11.8 Å². The van der Waals surface area contributed by atoms with E-state index in [0.717, 1.165) is 32.0 Å². The molecule has 0 spiro atoms. The molecule has 1 N–H and O–H groups in total. The van der Waals surface area contributed by atoms with Crippen molar-refractivity contribution in [1.82, 2.24) is 5.43 Å². The Hall–Kier alpha value is -1.50. The van der Waals surface area contributed by atoms with Gasteiger partial charge in [0.1, 0.15) is 5.75 Å². The Morgan fingerprint density at radius 1 is 1.36 bits per heavy atom. The number of thioether (sulfide) groups is 1. The molecule has 0 aromatic heterocycles. The first-order valence-corrected chi connectivity index (χ1v) is 9.75. The molecule has 0 unspecified atom stereocenters. The molecule has 0 saturated carbocycles. The maximum absolute atomic E-state index is 12.1. The first-order valence-electron chi connectivity index (χ1n) is 7.60. The summed E-state index contributed by atoms with van der Waals surface area (Å²) in [6.45, 7) is 2.07.